The summed E-state index contributed by atoms with van der Waals surface area (Å²) in [6.45, 7) is 62.0. The molecule has 830 valence electrons. The van der Waals surface area contributed by atoms with E-state index in [1.165, 1.54) is 52.6 Å². The number of likely N-dealkylation sites (tertiary alicyclic amines) is 1. The number of sulfone groups is 1. The van der Waals surface area contributed by atoms with Gasteiger partial charge >= 0.3 is 11.9 Å². The van der Waals surface area contributed by atoms with Crippen LogP contribution in [0.1, 0.15) is 260 Å². The summed E-state index contributed by atoms with van der Waals surface area (Å²) in [4.78, 5) is 36.7. The van der Waals surface area contributed by atoms with Crippen LogP contribution in [-0.2, 0) is 149 Å². The SMILES string of the molecule is CC(=O)CNS(=O)(=O)C(C)C.CC(C)N1CCC(S(C)(=O)=O)CC1.CC(C)S(=O)(=O)N1CCCC1.CC(C)S(=O)(=O)N1CCN(C)CC1.CC(C)S(=O)(=O)N1CCOCC1.CC(C)S(=O)(=O)NC1CC1.CC(C)S(=O)(=O)NCC(C)(C)C.CC(C)S(=O)(=O)NCCO.CCCNS(=O)(=O)C(C)C.CNS(=O)(=O)C(C)C.COC(=O)CNS(=O)(=O)C(C)C.COC(=O)[C@@H](NS(=O)(=O)C(C)C)C(C)C. The van der Waals surface area contributed by atoms with E-state index in [9.17, 15) is 115 Å². The van der Waals surface area contributed by atoms with Gasteiger partial charge in [0.05, 0.1) is 104 Å². The number of hydrogen-bond acceptors (Lipinski definition) is 33. The van der Waals surface area contributed by atoms with Gasteiger partial charge in [-0.3, -0.25) is 14.4 Å². The summed E-state index contributed by atoms with van der Waals surface area (Å²) in [6, 6.07) is -0.0321. The Labute approximate surface area is 831 Å². The molecular weight excluding hydrogens is 2040 g/mol. The summed E-state index contributed by atoms with van der Waals surface area (Å²) in [6.07, 6.45) is 7.85. The third-order valence-corrected chi connectivity index (χ3v) is 42.8. The maximum absolute atomic E-state index is 11.7. The quantitative estimate of drug-likeness (QED) is 0.0402. The van der Waals surface area contributed by atoms with Crippen LogP contribution in [0.4, 0.5) is 0 Å². The fraction of sp³-hybridized carbons (Fsp3) is 0.963. The van der Waals surface area contributed by atoms with Gasteiger partial charge in [0.2, 0.25) is 110 Å². The molecule has 5 rings (SSSR count). The van der Waals surface area contributed by atoms with Crippen LogP contribution in [0.5, 0.6) is 0 Å². The number of esters is 2. The highest BCUT2D eigenvalue weighted by Crippen LogP contribution is 2.22. The molecule has 0 bridgehead atoms. The number of aliphatic hydroxyl groups is 1. The number of piperazine rings is 1. The van der Waals surface area contributed by atoms with E-state index in [4.69, 9.17) is 9.84 Å². The molecule has 9 N–H and O–H groups in total. The molecule has 1 saturated carbocycles. The Kier molecular flexibility index (Phi) is 74.8. The molecule has 0 aromatic rings. The van der Waals surface area contributed by atoms with E-state index in [1.54, 1.807) is 161 Å². The summed E-state index contributed by atoms with van der Waals surface area (Å²) in [5, 5.41) is 3.99. The van der Waals surface area contributed by atoms with Crippen molar-refractivity contribution in [2.75, 3.05) is 153 Å². The van der Waals surface area contributed by atoms with E-state index >= 15 is 0 Å². The summed E-state index contributed by atoms with van der Waals surface area (Å²) in [7, 11) is -31.2. The van der Waals surface area contributed by atoms with Crippen LogP contribution in [-0.4, -0.2) is 380 Å². The molecule has 1 atom stereocenters. The van der Waals surface area contributed by atoms with Crippen LogP contribution in [0.2, 0.25) is 0 Å². The summed E-state index contributed by atoms with van der Waals surface area (Å²) in [5.74, 6) is -1.49. The first-order chi connectivity index (χ1) is 61.6. The minimum atomic E-state index is -3.45. The fourth-order valence-electron chi connectivity index (χ4n) is 9.22. The third-order valence-electron chi connectivity index (χ3n) is 19.7. The average molecular weight is 2220 g/mol. The molecule has 0 spiro atoms. The lowest BCUT2D eigenvalue weighted by molar-refractivity contribution is -0.143. The van der Waals surface area contributed by atoms with Crippen molar-refractivity contribution >= 4 is 138 Å². The molecule has 4 heterocycles. The van der Waals surface area contributed by atoms with E-state index in [1.807, 2.05) is 34.7 Å². The van der Waals surface area contributed by atoms with Crippen LogP contribution in [0.15, 0.2) is 0 Å². The number of nitrogens with zero attached hydrogens (tertiary/aromatic N) is 5. The van der Waals surface area contributed by atoms with E-state index in [0.29, 0.717) is 58.5 Å². The second-order valence-electron chi connectivity index (χ2n) is 37.3. The zero-order valence-corrected chi connectivity index (χ0v) is 98.5. The number of likely N-dealkylation sites (N-methyl/N-ethyl adjacent to an activating group) is 1. The van der Waals surface area contributed by atoms with Crippen molar-refractivity contribution in [3.63, 3.8) is 0 Å². The number of Topliss-reactive ketones (excluding diaryl/α,β-unsaturated/α-hetero) is 1. The van der Waals surface area contributed by atoms with Gasteiger partial charge in [0.15, 0.2) is 0 Å². The third kappa shape index (κ3) is 68.5. The number of nitrogens with one attached hydrogen (secondary N) is 8. The van der Waals surface area contributed by atoms with Crippen LogP contribution in [0.25, 0.3) is 0 Å². The molecule has 44 nitrogen and oxygen atoms in total. The lowest BCUT2D eigenvalue weighted by Gasteiger charge is -2.33. The van der Waals surface area contributed by atoms with Crippen molar-refractivity contribution in [2.24, 2.45) is 11.3 Å². The number of ether oxygens (including phenoxy) is 3. The minimum absolute atomic E-state index is 0.00194. The number of sulfonamides is 11. The number of rotatable bonds is 37. The normalized spacial score (nSPS) is 16.6. The molecule has 0 amide bonds. The highest BCUT2D eigenvalue weighted by molar-refractivity contribution is 7.93. The van der Waals surface area contributed by atoms with Crippen molar-refractivity contribution < 1.29 is 135 Å². The maximum atomic E-state index is 11.7. The van der Waals surface area contributed by atoms with Gasteiger partial charge in [0, 0.05) is 90.3 Å². The van der Waals surface area contributed by atoms with Gasteiger partial charge in [-0.1, -0.05) is 41.5 Å². The summed E-state index contributed by atoms with van der Waals surface area (Å²) in [5.41, 5.74) is 0.00194. The Bertz CT molecular complexity index is 4780. The Morgan fingerprint density at radius 3 is 1.01 bits per heavy atom. The number of methoxy groups -OCH3 is 2. The molecule has 0 radical (unpaired) electrons. The highest BCUT2D eigenvalue weighted by atomic mass is 32.2. The Hall–Kier alpha value is -2.59. The van der Waals surface area contributed by atoms with Crippen molar-refractivity contribution in [3.05, 3.63) is 0 Å². The molecule has 5 fully saturated rings. The van der Waals surface area contributed by atoms with Crippen molar-refractivity contribution in [1.82, 2.24) is 60.5 Å². The molecule has 0 unspecified atom stereocenters. The number of ketones is 1. The largest absolute Gasteiger partial charge is 0.468 e. The molecule has 5 aliphatic rings. The van der Waals surface area contributed by atoms with Gasteiger partial charge in [-0.15, -0.1) is 0 Å². The van der Waals surface area contributed by atoms with Gasteiger partial charge < -0.3 is 29.1 Å². The number of aliphatic hydroxyl groups excluding tert-OH is 1. The van der Waals surface area contributed by atoms with Crippen molar-refractivity contribution in [3.8, 4) is 0 Å². The Balaban J connectivity index is -0.000000270. The first-order valence-corrected chi connectivity index (χ1v) is 64.7. The van der Waals surface area contributed by atoms with Gasteiger partial charge in [0.25, 0.3) is 0 Å². The molecule has 1 aliphatic carbocycles. The van der Waals surface area contributed by atoms with E-state index < -0.39 is 159 Å². The first kappa shape index (κ1) is 147. The second kappa shape index (κ2) is 69.5. The topological polar surface area (TPSA) is 621 Å². The van der Waals surface area contributed by atoms with Crippen molar-refractivity contribution in [2.45, 2.75) is 341 Å². The molecular formula is C81H183N13O31S12. The maximum Gasteiger partial charge on any atom is 0.324 e. The monoisotopic (exact) mass is 2220 g/mol. The number of piperidine rings is 1. The van der Waals surface area contributed by atoms with E-state index in [2.05, 4.69) is 70.9 Å². The predicted octanol–water partition coefficient (Wildman–Crippen LogP) is 3.47. The number of carbonyl (C=O) groups excluding carboxylic acids is 3. The zero-order valence-electron chi connectivity index (χ0n) is 88.7. The van der Waals surface area contributed by atoms with Gasteiger partial charge in [-0.2, -0.15) is 8.61 Å². The summed E-state index contributed by atoms with van der Waals surface area (Å²) < 4.78 is 306. The van der Waals surface area contributed by atoms with Crippen molar-refractivity contribution in [1.29, 1.82) is 0 Å². The van der Waals surface area contributed by atoms with Crippen LogP contribution in [0, 0.1) is 11.3 Å². The average Bonchev–Trinajstić information content (AvgIpc) is 1.42. The van der Waals surface area contributed by atoms with Crippen LogP contribution < -0.4 is 37.8 Å². The van der Waals surface area contributed by atoms with E-state index in [0.717, 1.165) is 84.2 Å². The molecule has 0 aromatic carbocycles. The highest BCUT2D eigenvalue weighted by Gasteiger charge is 2.34. The predicted molar refractivity (Wildman–Crippen MR) is 550 cm³/mol. The lowest BCUT2D eigenvalue weighted by Crippen LogP contribution is -2.49. The van der Waals surface area contributed by atoms with Gasteiger partial charge in [0.1, 0.15) is 28.2 Å². The molecule has 0 aromatic heterocycles. The Morgan fingerprint density at radius 2 is 0.737 bits per heavy atom. The van der Waals surface area contributed by atoms with Crippen LogP contribution >= 0.6 is 0 Å². The number of carbonyl (C=O) groups is 3. The smallest absolute Gasteiger partial charge is 0.324 e. The fourth-order valence-corrected chi connectivity index (χ4v) is 20.5. The standard InChI is InChI=1S/C9H19NO4S.C9H19NO2S.C8H18N2O2S.C8H19NO2S.C7H15NO3S.C7H15NO2S.C6H13NO4S.C6H13NO3S.C6H13NO2S.C6H15NO2S.C5H13NO3S.C4H11NO2S/c1-6(2)8(9(11)14-5)10-15(12,13)7(3)4;1-8(2)10-6-4-9(5-7-10)13(3,11)12;1-8(2)13(11,12)10-6-4-9(3)5-7-10;1-7(2)12(10,11)9-6-8(3,4)5;1-7(2)12(9,10)8-3-5-11-6-4-8;1-7(2)11(9,10)8-5-3-4-6-8;1-5(2)12(9,10)7-4-6(8)11-3;1-5(2)11(9,10)7-4-6(3)8;1-5(2)10(8,9)7-6-3-4-6;1-4-5-7-10(8,9)6(2)3;1-5(2)10(8,9)6-3-4-7;1-4(2)8(6,7)5-3/h6-8,10H,1-5H3;8-9H,4-7H2,1-3H3;8H,4-7H2,1-3H3;7,9H,6H2,1-5H3;7H,3-6H2,1-2H3;7H,3-6H2,1-2H3;5,7H,4H2,1-3H3;5,7H,4H2,1-3H3;5-7H,3-4H2,1-2H3;6-7H,4-5H2,1-3H3;5-7H,3-4H2,1-2H3;4-5H,1-3H3/t8-;;;;;;;;;;;/m0.........../s1. The molecule has 4 saturated heterocycles. The first-order valence-electron chi connectivity index (χ1n) is 45.9. The van der Waals surface area contributed by atoms with E-state index in [-0.39, 0.29) is 91.4 Å². The molecule has 137 heavy (non-hydrogen) atoms. The Morgan fingerprint density at radius 1 is 0.409 bits per heavy atom. The van der Waals surface area contributed by atoms with Crippen LogP contribution in [0.3, 0.4) is 0 Å². The van der Waals surface area contributed by atoms with Gasteiger partial charge in [-0.05, 0) is 257 Å². The molecule has 56 heteroatoms. The minimum Gasteiger partial charge on any atom is -0.468 e. The zero-order chi connectivity index (χ0) is 110. The lowest BCUT2D eigenvalue weighted by atomic mass is 9.98. The number of hydrogen-bond donors (Lipinski definition) is 9. The second-order valence-corrected chi connectivity index (χ2v) is 65.7. The summed E-state index contributed by atoms with van der Waals surface area (Å²) >= 11 is 0. The number of morpholine rings is 1. The molecule has 4 aliphatic heterocycles. The van der Waals surface area contributed by atoms with Gasteiger partial charge in [-0.25, -0.2) is 143 Å².